The summed E-state index contributed by atoms with van der Waals surface area (Å²) in [5.74, 6) is 0.884. The summed E-state index contributed by atoms with van der Waals surface area (Å²) in [5, 5.41) is 0.592. The number of ether oxygens (including phenoxy) is 1. The largest absolute Gasteiger partial charge is 0.496 e. The zero-order valence-electron chi connectivity index (χ0n) is 14.0. The van der Waals surface area contributed by atoms with Crippen LogP contribution in [0.25, 0.3) is 0 Å². The van der Waals surface area contributed by atoms with Crippen LogP contribution < -0.4 is 4.74 Å². The van der Waals surface area contributed by atoms with Crippen molar-refractivity contribution in [3.63, 3.8) is 0 Å². The van der Waals surface area contributed by atoms with Crippen molar-refractivity contribution in [2.75, 3.05) is 33.3 Å². The minimum Gasteiger partial charge on any atom is -0.496 e. The predicted molar refractivity (Wildman–Crippen MR) is 103 cm³/mol. The lowest BCUT2D eigenvalue weighted by atomic mass is 10.1. The zero-order chi connectivity index (χ0) is 17.8. The monoisotopic (exact) mass is 422 g/mol. The Kier molecular flexibility index (Phi) is 5.99. The van der Waals surface area contributed by atoms with E-state index < -0.39 is 0 Å². The Balaban J connectivity index is 1.56. The molecule has 2 aromatic rings. The molecule has 1 fully saturated rings. The number of carbonyl (C=O) groups excluding carboxylic acids is 1. The standard InChI is InChI=1S/C19H20BrClN2O2/c1-25-18-6-5-14(11-17(18)20)13-22-7-9-23(10-8-22)19(24)15-3-2-4-16(21)12-15/h2-6,11-12H,7-10,13H2,1H3. The van der Waals surface area contributed by atoms with Gasteiger partial charge in [-0.05, 0) is 51.8 Å². The first-order chi connectivity index (χ1) is 12.1. The van der Waals surface area contributed by atoms with Gasteiger partial charge in [-0.2, -0.15) is 0 Å². The molecule has 0 aliphatic carbocycles. The third kappa shape index (κ3) is 4.54. The van der Waals surface area contributed by atoms with Gasteiger partial charge in [0, 0.05) is 43.3 Å². The van der Waals surface area contributed by atoms with E-state index in [0.717, 1.165) is 42.9 Å². The molecule has 0 aromatic heterocycles. The van der Waals surface area contributed by atoms with E-state index in [-0.39, 0.29) is 5.91 Å². The maximum Gasteiger partial charge on any atom is 0.253 e. The number of amides is 1. The Bertz CT molecular complexity index is 761. The number of methoxy groups -OCH3 is 1. The molecule has 0 N–H and O–H groups in total. The Hall–Kier alpha value is -1.56. The zero-order valence-corrected chi connectivity index (χ0v) is 16.4. The van der Waals surface area contributed by atoms with E-state index in [9.17, 15) is 4.79 Å². The van der Waals surface area contributed by atoms with E-state index in [1.807, 2.05) is 23.1 Å². The van der Waals surface area contributed by atoms with Crippen LogP contribution in [-0.2, 0) is 6.54 Å². The first kappa shape index (κ1) is 18.2. The molecular formula is C19H20BrClN2O2. The lowest BCUT2D eigenvalue weighted by Crippen LogP contribution is -2.48. The molecule has 1 aliphatic rings. The smallest absolute Gasteiger partial charge is 0.253 e. The number of nitrogens with zero attached hydrogens (tertiary/aromatic N) is 2. The molecule has 25 heavy (non-hydrogen) atoms. The second-order valence-corrected chi connectivity index (χ2v) is 7.34. The number of rotatable bonds is 4. The van der Waals surface area contributed by atoms with Gasteiger partial charge in [0.15, 0.2) is 0 Å². The Morgan fingerprint density at radius 2 is 1.92 bits per heavy atom. The van der Waals surface area contributed by atoms with Crippen molar-refractivity contribution in [2.45, 2.75) is 6.54 Å². The van der Waals surface area contributed by atoms with E-state index in [2.05, 4.69) is 33.0 Å². The van der Waals surface area contributed by atoms with Gasteiger partial charge in [-0.1, -0.05) is 23.7 Å². The van der Waals surface area contributed by atoms with Gasteiger partial charge in [0.25, 0.3) is 5.91 Å². The Labute approximate surface area is 161 Å². The van der Waals surface area contributed by atoms with Gasteiger partial charge in [0.1, 0.15) is 5.75 Å². The fraction of sp³-hybridized carbons (Fsp3) is 0.316. The summed E-state index contributed by atoms with van der Waals surface area (Å²) >= 11 is 9.51. The molecular weight excluding hydrogens is 404 g/mol. The number of benzene rings is 2. The molecule has 0 saturated carbocycles. The first-order valence-electron chi connectivity index (χ1n) is 8.16. The number of halogens is 2. The van der Waals surface area contributed by atoms with Gasteiger partial charge in [-0.3, -0.25) is 9.69 Å². The van der Waals surface area contributed by atoms with Gasteiger partial charge in [-0.25, -0.2) is 0 Å². The quantitative estimate of drug-likeness (QED) is 0.743. The highest BCUT2D eigenvalue weighted by atomic mass is 79.9. The lowest BCUT2D eigenvalue weighted by molar-refractivity contribution is 0.0628. The van der Waals surface area contributed by atoms with Crippen LogP contribution in [0.2, 0.25) is 5.02 Å². The van der Waals surface area contributed by atoms with Gasteiger partial charge < -0.3 is 9.64 Å². The Morgan fingerprint density at radius 1 is 1.16 bits per heavy atom. The molecule has 132 valence electrons. The fourth-order valence-electron chi connectivity index (χ4n) is 2.98. The number of carbonyl (C=O) groups is 1. The highest BCUT2D eigenvalue weighted by molar-refractivity contribution is 9.10. The topological polar surface area (TPSA) is 32.8 Å². The molecule has 1 saturated heterocycles. The van der Waals surface area contributed by atoms with Crippen molar-refractivity contribution in [3.8, 4) is 5.75 Å². The minimum absolute atomic E-state index is 0.0503. The molecule has 2 aromatic carbocycles. The van der Waals surface area contributed by atoms with Crippen LogP contribution in [0.4, 0.5) is 0 Å². The average Bonchev–Trinajstić information content (AvgIpc) is 2.62. The lowest BCUT2D eigenvalue weighted by Gasteiger charge is -2.34. The SMILES string of the molecule is COc1ccc(CN2CCN(C(=O)c3cccc(Cl)c3)CC2)cc1Br. The molecule has 1 heterocycles. The van der Waals surface area contributed by atoms with E-state index in [0.29, 0.717) is 10.6 Å². The van der Waals surface area contributed by atoms with Gasteiger partial charge >= 0.3 is 0 Å². The van der Waals surface area contributed by atoms with E-state index >= 15 is 0 Å². The number of hydrogen-bond acceptors (Lipinski definition) is 3. The van der Waals surface area contributed by atoms with Crippen LogP contribution in [0, 0.1) is 0 Å². The van der Waals surface area contributed by atoms with Crippen LogP contribution in [0.3, 0.4) is 0 Å². The third-order valence-electron chi connectivity index (χ3n) is 4.35. The Morgan fingerprint density at radius 3 is 2.56 bits per heavy atom. The molecule has 1 amide bonds. The van der Waals surface area contributed by atoms with Crippen molar-refractivity contribution >= 4 is 33.4 Å². The van der Waals surface area contributed by atoms with Crippen molar-refractivity contribution in [2.24, 2.45) is 0 Å². The summed E-state index contributed by atoms with van der Waals surface area (Å²) < 4.78 is 6.23. The molecule has 4 nitrogen and oxygen atoms in total. The predicted octanol–water partition coefficient (Wildman–Crippen LogP) is 4.07. The molecule has 0 radical (unpaired) electrons. The summed E-state index contributed by atoms with van der Waals surface area (Å²) in [6.45, 7) is 4.03. The number of piperazine rings is 1. The highest BCUT2D eigenvalue weighted by Gasteiger charge is 2.22. The maximum absolute atomic E-state index is 12.6. The maximum atomic E-state index is 12.6. The second-order valence-electron chi connectivity index (χ2n) is 6.05. The van der Waals surface area contributed by atoms with Crippen LogP contribution in [-0.4, -0.2) is 49.0 Å². The normalized spacial score (nSPS) is 15.2. The van der Waals surface area contributed by atoms with E-state index in [1.54, 1.807) is 19.2 Å². The summed E-state index contributed by atoms with van der Waals surface area (Å²) in [6.07, 6.45) is 0. The van der Waals surface area contributed by atoms with Gasteiger partial charge in [0.05, 0.1) is 11.6 Å². The summed E-state index contributed by atoms with van der Waals surface area (Å²) in [7, 11) is 1.66. The van der Waals surface area contributed by atoms with Gasteiger partial charge in [-0.15, -0.1) is 0 Å². The molecule has 6 heteroatoms. The second kappa shape index (κ2) is 8.21. The van der Waals surface area contributed by atoms with Crippen molar-refractivity contribution in [3.05, 3.63) is 63.1 Å². The summed E-state index contributed by atoms with van der Waals surface area (Å²) in [6, 6.07) is 13.3. The number of hydrogen-bond donors (Lipinski definition) is 0. The van der Waals surface area contributed by atoms with Crippen molar-refractivity contribution in [1.82, 2.24) is 9.80 Å². The molecule has 0 bridgehead atoms. The van der Waals surface area contributed by atoms with Crippen molar-refractivity contribution < 1.29 is 9.53 Å². The van der Waals surface area contributed by atoms with E-state index in [4.69, 9.17) is 16.3 Å². The molecule has 1 aliphatic heterocycles. The summed E-state index contributed by atoms with van der Waals surface area (Å²) in [5.41, 5.74) is 1.88. The van der Waals surface area contributed by atoms with Crippen molar-refractivity contribution in [1.29, 1.82) is 0 Å². The molecule has 3 rings (SSSR count). The van der Waals surface area contributed by atoms with Crippen LogP contribution >= 0.6 is 27.5 Å². The minimum atomic E-state index is 0.0503. The highest BCUT2D eigenvalue weighted by Crippen LogP contribution is 2.26. The summed E-state index contributed by atoms with van der Waals surface area (Å²) in [4.78, 5) is 16.8. The fourth-order valence-corrected chi connectivity index (χ4v) is 3.76. The molecule has 0 unspecified atom stereocenters. The average molecular weight is 424 g/mol. The first-order valence-corrected chi connectivity index (χ1v) is 9.33. The van der Waals surface area contributed by atoms with Crippen LogP contribution in [0.1, 0.15) is 15.9 Å². The molecule has 0 atom stereocenters. The third-order valence-corrected chi connectivity index (χ3v) is 5.21. The van der Waals surface area contributed by atoms with Crippen LogP contribution in [0.15, 0.2) is 46.9 Å². The molecule has 0 spiro atoms. The van der Waals surface area contributed by atoms with E-state index in [1.165, 1.54) is 5.56 Å². The van der Waals surface area contributed by atoms with Crippen LogP contribution in [0.5, 0.6) is 5.75 Å². The van der Waals surface area contributed by atoms with Gasteiger partial charge in [0.2, 0.25) is 0 Å².